The summed E-state index contributed by atoms with van der Waals surface area (Å²) in [6.07, 6.45) is 1.76. The minimum absolute atomic E-state index is 0.151. The van der Waals surface area contributed by atoms with E-state index in [0.29, 0.717) is 33.1 Å². The zero-order valence-electron chi connectivity index (χ0n) is 14.6. The molecular weight excluding hydrogens is 358 g/mol. The summed E-state index contributed by atoms with van der Waals surface area (Å²) in [6, 6.07) is 22.2. The Labute approximate surface area is 161 Å². The van der Waals surface area contributed by atoms with Crippen molar-refractivity contribution in [2.45, 2.75) is 6.92 Å². The molecule has 0 spiro atoms. The number of fused-ring (bicyclic) bond motifs is 1. The number of para-hydroxylation sites is 2. The van der Waals surface area contributed by atoms with Crippen LogP contribution in [-0.4, -0.2) is 10.8 Å². The van der Waals surface area contributed by atoms with Crippen LogP contribution in [0.15, 0.2) is 77.2 Å². The second kappa shape index (κ2) is 7.22. The van der Waals surface area contributed by atoms with Gasteiger partial charge in [0.2, 0.25) is 5.89 Å². The average molecular weight is 374 g/mol. The number of hydrogen-bond acceptors (Lipinski definition) is 3. The zero-order chi connectivity index (χ0) is 18.8. The van der Waals surface area contributed by atoms with E-state index >= 15 is 0 Å². The smallest absolute Gasteiger partial charge is 0.231 e. The normalized spacial score (nSPS) is 11.7. The van der Waals surface area contributed by atoms with Gasteiger partial charge in [-0.3, -0.25) is 4.79 Å². The molecule has 3 aromatic carbocycles. The van der Waals surface area contributed by atoms with Crippen molar-refractivity contribution in [2.24, 2.45) is 0 Å². The Hall–Kier alpha value is -3.17. The number of halogens is 1. The Morgan fingerprint density at radius 1 is 1.00 bits per heavy atom. The van der Waals surface area contributed by atoms with Crippen molar-refractivity contribution in [3.8, 4) is 0 Å². The number of carbonyl (C=O) groups excluding carboxylic acids is 1. The zero-order valence-corrected chi connectivity index (χ0v) is 15.4. The number of aryl methyl sites for hydroxylation is 1. The summed E-state index contributed by atoms with van der Waals surface area (Å²) in [6.45, 7) is 1.98. The largest absolute Gasteiger partial charge is 0.436 e. The van der Waals surface area contributed by atoms with Gasteiger partial charge in [-0.2, -0.15) is 0 Å². The van der Waals surface area contributed by atoms with Crippen LogP contribution in [0.5, 0.6) is 0 Å². The Balaban J connectivity index is 1.86. The Morgan fingerprint density at radius 2 is 1.78 bits per heavy atom. The Morgan fingerprint density at radius 3 is 2.52 bits per heavy atom. The predicted molar refractivity (Wildman–Crippen MR) is 109 cm³/mol. The van der Waals surface area contributed by atoms with Crippen molar-refractivity contribution in [3.05, 3.63) is 100 Å². The first-order valence-electron chi connectivity index (χ1n) is 8.55. The maximum Gasteiger partial charge on any atom is 0.231 e. The molecule has 0 saturated heterocycles. The highest BCUT2D eigenvalue weighted by atomic mass is 35.5. The minimum atomic E-state index is -0.151. The van der Waals surface area contributed by atoms with Crippen LogP contribution in [0, 0.1) is 6.92 Å². The molecule has 0 radical (unpaired) electrons. The minimum Gasteiger partial charge on any atom is -0.436 e. The van der Waals surface area contributed by atoms with Gasteiger partial charge in [-0.25, -0.2) is 4.98 Å². The van der Waals surface area contributed by atoms with Crippen LogP contribution in [0.3, 0.4) is 0 Å². The van der Waals surface area contributed by atoms with E-state index in [1.807, 2.05) is 67.6 Å². The summed E-state index contributed by atoms with van der Waals surface area (Å²) in [4.78, 5) is 17.7. The number of ketones is 1. The summed E-state index contributed by atoms with van der Waals surface area (Å²) >= 11 is 6.10. The molecule has 1 aromatic heterocycles. The van der Waals surface area contributed by atoms with Gasteiger partial charge in [0.25, 0.3) is 0 Å². The third kappa shape index (κ3) is 3.69. The first kappa shape index (κ1) is 17.3. The van der Waals surface area contributed by atoms with E-state index in [9.17, 15) is 4.79 Å². The topological polar surface area (TPSA) is 43.1 Å². The van der Waals surface area contributed by atoms with E-state index in [4.69, 9.17) is 16.0 Å². The molecule has 4 heteroatoms. The highest BCUT2D eigenvalue weighted by Crippen LogP contribution is 2.27. The van der Waals surface area contributed by atoms with Crippen molar-refractivity contribution < 1.29 is 9.21 Å². The average Bonchev–Trinajstić information content (AvgIpc) is 3.10. The molecule has 0 fully saturated rings. The van der Waals surface area contributed by atoms with Crippen LogP contribution < -0.4 is 0 Å². The van der Waals surface area contributed by atoms with Gasteiger partial charge in [0.05, 0.1) is 5.57 Å². The van der Waals surface area contributed by atoms with Gasteiger partial charge in [0, 0.05) is 10.6 Å². The molecule has 0 aliphatic rings. The number of hydrogen-bond donors (Lipinski definition) is 0. The molecule has 3 nitrogen and oxygen atoms in total. The van der Waals surface area contributed by atoms with Gasteiger partial charge < -0.3 is 4.42 Å². The van der Waals surface area contributed by atoms with Gasteiger partial charge in [0.1, 0.15) is 5.52 Å². The molecular formula is C23H16ClNO2. The maximum absolute atomic E-state index is 13.2. The number of Topliss-reactive ketones (excluding diaryl/α,β-unsaturated/α-hetero) is 1. The lowest BCUT2D eigenvalue weighted by Crippen LogP contribution is -2.03. The summed E-state index contributed by atoms with van der Waals surface area (Å²) in [5.74, 6) is 0.142. The first-order chi connectivity index (χ1) is 13.1. The van der Waals surface area contributed by atoms with Gasteiger partial charge in [-0.1, -0.05) is 65.7 Å². The van der Waals surface area contributed by atoms with E-state index in [1.54, 1.807) is 18.2 Å². The lowest BCUT2D eigenvalue weighted by Gasteiger charge is -2.05. The van der Waals surface area contributed by atoms with Crippen LogP contribution >= 0.6 is 11.6 Å². The summed E-state index contributed by atoms with van der Waals surface area (Å²) in [7, 11) is 0. The number of allylic oxidation sites excluding steroid dienone is 1. The van der Waals surface area contributed by atoms with E-state index in [2.05, 4.69) is 4.98 Å². The predicted octanol–water partition coefficient (Wildman–Crippen LogP) is 6.21. The summed E-state index contributed by atoms with van der Waals surface area (Å²) < 4.78 is 5.87. The van der Waals surface area contributed by atoms with Gasteiger partial charge in [-0.15, -0.1) is 0 Å². The number of aromatic nitrogens is 1. The van der Waals surface area contributed by atoms with Crippen molar-refractivity contribution in [2.75, 3.05) is 0 Å². The van der Waals surface area contributed by atoms with E-state index < -0.39 is 0 Å². The standard InChI is InChI=1S/C23H16ClNO2/c1-15-9-11-17(12-10-15)22(26)19(14-16-5-4-6-18(24)13-16)23-25-20-7-2-3-8-21(20)27-23/h2-14H,1H3/b19-14-. The number of rotatable bonds is 4. The maximum atomic E-state index is 13.2. The number of nitrogens with zero attached hydrogens (tertiary/aromatic N) is 1. The monoisotopic (exact) mass is 373 g/mol. The van der Waals surface area contributed by atoms with Crippen molar-refractivity contribution in [1.29, 1.82) is 0 Å². The van der Waals surface area contributed by atoms with Crippen molar-refractivity contribution in [3.63, 3.8) is 0 Å². The van der Waals surface area contributed by atoms with E-state index in [-0.39, 0.29) is 5.78 Å². The fourth-order valence-electron chi connectivity index (χ4n) is 2.84. The van der Waals surface area contributed by atoms with Gasteiger partial charge >= 0.3 is 0 Å². The highest BCUT2D eigenvalue weighted by molar-refractivity contribution is 6.32. The van der Waals surface area contributed by atoms with Crippen LogP contribution in [0.4, 0.5) is 0 Å². The second-order valence-corrected chi connectivity index (χ2v) is 6.73. The van der Waals surface area contributed by atoms with Gasteiger partial charge in [-0.05, 0) is 42.8 Å². The molecule has 0 amide bonds. The van der Waals surface area contributed by atoms with E-state index in [1.165, 1.54) is 0 Å². The number of carbonyl (C=O) groups is 1. The number of oxazole rings is 1. The molecule has 0 aliphatic carbocycles. The molecule has 132 valence electrons. The molecule has 0 aliphatic heterocycles. The Bertz CT molecular complexity index is 1120. The molecule has 0 bridgehead atoms. The quantitative estimate of drug-likeness (QED) is 0.315. The van der Waals surface area contributed by atoms with Crippen LogP contribution in [-0.2, 0) is 0 Å². The SMILES string of the molecule is Cc1ccc(C(=O)/C(=C/c2cccc(Cl)c2)c2nc3ccccc3o2)cc1. The molecule has 4 rings (SSSR count). The third-order valence-electron chi connectivity index (χ3n) is 4.24. The highest BCUT2D eigenvalue weighted by Gasteiger charge is 2.20. The molecule has 1 heterocycles. The molecule has 0 N–H and O–H groups in total. The lowest BCUT2D eigenvalue weighted by molar-refractivity contribution is 0.105. The fourth-order valence-corrected chi connectivity index (χ4v) is 3.03. The molecule has 0 atom stereocenters. The van der Waals surface area contributed by atoms with Crippen molar-refractivity contribution >= 4 is 40.1 Å². The van der Waals surface area contributed by atoms with Crippen molar-refractivity contribution in [1.82, 2.24) is 4.98 Å². The first-order valence-corrected chi connectivity index (χ1v) is 8.92. The molecule has 4 aromatic rings. The number of benzene rings is 3. The van der Waals surface area contributed by atoms with E-state index in [0.717, 1.165) is 11.1 Å². The molecule has 0 saturated carbocycles. The summed E-state index contributed by atoms with van der Waals surface area (Å²) in [5.41, 5.74) is 4.21. The molecule has 27 heavy (non-hydrogen) atoms. The molecule has 0 unspecified atom stereocenters. The van der Waals surface area contributed by atoms with Crippen LogP contribution in [0.25, 0.3) is 22.7 Å². The van der Waals surface area contributed by atoms with Crippen LogP contribution in [0.1, 0.15) is 27.4 Å². The van der Waals surface area contributed by atoms with Crippen LogP contribution in [0.2, 0.25) is 5.02 Å². The third-order valence-corrected chi connectivity index (χ3v) is 4.48. The summed E-state index contributed by atoms with van der Waals surface area (Å²) in [5, 5.41) is 0.600. The lowest BCUT2D eigenvalue weighted by atomic mass is 10.00. The second-order valence-electron chi connectivity index (χ2n) is 6.29. The van der Waals surface area contributed by atoms with Gasteiger partial charge in [0.15, 0.2) is 11.4 Å². The Kier molecular flexibility index (Phi) is 4.61. The fraction of sp³-hybridized carbons (Fsp3) is 0.0435.